The van der Waals surface area contributed by atoms with E-state index in [2.05, 4.69) is 92.1 Å². The maximum Gasteiger partial charge on any atom is 0.472 e. The molecule has 0 heterocycles. The van der Waals surface area contributed by atoms with Crippen molar-refractivity contribution in [1.29, 1.82) is 0 Å². The summed E-state index contributed by atoms with van der Waals surface area (Å²) in [5, 5.41) is 14.0. The smallest absolute Gasteiger partial charge is 0.387 e. The fourth-order valence-electron chi connectivity index (χ4n) is 10.7. The van der Waals surface area contributed by atoms with Crippen molar-refractivity contribution in [2.75, 3.05) is 40.9 Å². The van der Waals surface area contributed by atoms with Crippen molar-refractivity contribution in [1.82, 2.24) is 5.32 Å². The minimum atomic E-state index is -4.37. The third-order valence-corrected chi connectivity index (χ3v) is 17.3. The van der Waals surface area contributed by atoms with Crippen LogP contribution in [-0.2, 0) is 18.4 Å². The summed E-state index contributed by atoms with van der Waals surface area (Å²) < 4.78 is 23.8. The van der Waals surface area contributed by atoms with Crippen LogP contribution in [0.2, 0.25) is 0 Å². The highest BCUT2D eigenvalue weighted by Crippen LogP contribution is 2.43. The summed E-state index contributed by atoms with van der Waals surface area (Å²) in [6, 6.07) is -0.874. The van der Waals surface area contributed by atoms with Gasteiger partial charge in [0, 0.05) is 6.42 Å². The number of aliphatic hydroxyl groups excluding tert-OH is 1. The normalized spacial score (nSPS) is 14.1. The molecule has 3 N–H and O–H groups in total. The van der Waals surface area contributed by atoms with E-state index in [1.807, 2.05) is 27.2 Å². The van der Waals surface area contributed by atoms with Gasteiger partial charge in [0.05, 0.1) is 39.9 Å². The van der Waals surface area contributed by atoms with Crippen molar-refractivity contribution < 1.29 is 32.9 Å². The molecule has 0 aromatic carbocycles. The summed E-state index contributed by atoms with van der Waals surface area (Å²) in [5.41, 5.74) is 0. The summed E-state index contributed by atoms with van der Waals surface area (Å²) in [6.45, 7) is 4.72. The molecule has 0 saturated carbocycles. The van der Waals surface area contributed by atoms with Crippen LogP contribution in [0.3, 0.4) is 0 Å². The highest BCUT2D eigenvalue weighted by atomic mass is 31.2. The van der Waals surface area contributed by atoms with Gasteiger partial charge in [-0.25, -0.2) is 4.57 Å². The molecule has 3 atom stereocenters. The van der Waals surface area contributed by atoms with E-state index in [0.717, 1.165) is 70.6 Å². The fraction of sp³-hybridized carbons (Fsp3) is 0.803. The van der Waals surface area contributed by atoms with Crippen molar-refractivity contribution in [2.45, 2.75) is 353 Å². The molecule has 0 aliphatic heterocycles. The van der Waals surface area contributed by atoms with Crippen LogP contribution in [-0.4, -0.2) is 73.4 Å². The van der Waals surface area contributed by atoms with Crippen molar-refractivity contribution in [2.24, 2.45) is 0 Å². The zero-order valence-corrected chi connectivity index (χ0v) is 57.7. The number of phosphoric ester groups is 1. The first-order valence-electron chi connectivity index (χ1n) is 36.5. The van der Waals surface area contributed by atoms with Gasteiger partial charge < -0.3 is 19.8 Å². The van der Waals surface area contributed by atoms with Gasteiger partial charge in [-0.15, -0.1) is 0 Å². The lowest BCUT2D eigenvalue weighted by Gasteiger charge is -2.25. The van der Waals surface area contributed by atoms with Gasteiger partial charge in [0.2, 0.25) is 5.91 Å². The summed E-state index contributed by atoms with van der Waals surface area (Å²) in [6.07, 6.45) is 94.7. The quantitative estimate of drug-likeness (QED) is 0.0243. The van der Waals surface area contributed by atoms with E-state index in [0.29, 0.717) is 17.4 Å². The predicted molar refractivity (Wildman–Crippen MR) is 373 cm³/mol. The van der Waals surface area contributed by atoms with Gasteiger partial charge in [-0.3, -0.25) is 13.8 Å². The molecule has 1 amide bonds. The number of phosphoric acid groups is 1. The molecule has 0 aliphatic rings. The average Bonchev–Trinajstić information content (AvgIpc) is 3.48. The molecule has 0 bridgehead atoms. The lowest BCUT2D eigenvalue weighted by atomic mass is 10.0. The number of hydrogen-bond acceptors (Lipinski definition) is 5. The minimum absolute atomic E-state index is 0.0527. The lowest BCUT2D eigenvalue weighted by molar-refractivity contribution is -0.870. The SMILES string of the molecule is CC/C=C\C/C=C\C/C=C\C/C=C\CCCCCCCCCCCCCCCCCCCCCCCCC(=O)NC(COP(=O)(O)OCC[N+](C)(C)C)C(O)/C=C/CC/C=C/CC/C=C/CCCCCCCCCCCCCCCCCCCC. The number of likely N-dealkylation sites (N-methyl/N-ethyl adjacent to an activating group) is 1. The molecular weight excluding hydrogens is 1070 g/mol. The Morgan fingerprint density at radius 2 is 0.718 bits per heavy atom. The van der Waals surface area contributed by atoms with Gasteiger partial charge in [0.25, 0.3) is 0 Å². The van der Waals surface area contributed by atoms with E-state index in [9.17, 15) is 19.4 Å². The summed E-state index contributed by atoms with van der Waals surface area (Å²) >= 11 is 0. The number of nitrogens with one attached hydrogen (secondary N) is 1. The number of quaternary nitrogens is 1. The molecule has 3 unspecified atom stereocenters. The van der Waals surface area contributed by atoms with E-state index >= 15 is 0 Å². The zero-order valence-electron chi connectivity index (χ0n) is 56.8. The number of nitrogens with zero attached hydrogens (tertiary/aromatic N) is 1. The molecule has 9 heteroatoms. The van der Waals surface area contributed by atoms with Crippen LogP contribution in [0, 0.1) is 0 Å². The highest BCUT2D eigenvalue weighted by molar-refractivity contribution is 7.47. The Bertz CT molecular complexity index is 1660. The molecule has 8 nitrogen and oxygen atoms in total. The molecule has 0 spiro atoms. The lowest BCUT2D eigenvalue weighted by Crippen LogP contribution is -2.45. The second kappa shape index (κ2) is 66.1. The first kappa shape index (κ1) is 82.7. The second-order valence-electron chi connectivity index (χ2n) is 25.9. The molecule has 0 rings (SSSR count). The Morgan fingerprint density at radius 3 is 1.08 bits per heavy atom. The monoisotopic (exact) mass is 1210 g/mol. The van der Waals surface area contributed by atoms with Crippen molar-refractivity contribution in [3.05, 3.63) is 85.1 Å². The van der Waals surface area contributed by atoms with E-state index < -0.39 is 20.0 Å². The standard InChI is InChI=1S/C76H141N2O6P/c1-6-8-10-12-14-16-18-20-22-24-26-28-30-32-34-36-37-38-39-40-41-42-44-46-48-50-52-54-56-58-60-62-64-66-68-70-76(80)77-74(73-84-85(81,82)83-72-71-78(3,4)5)75(79)69-67-65-63-61-59-57-55-53-51-49-47-45-43-35-33-31-29-27-25-23-21-19-17-15-13-11-9-7-2/h8,10,14,16,20,22,26,28,51,53,59,61,67,69,74-75,79H,6-7,9,11-13,15,17-19,21,23-25,27,29-50,52,54-58,60,62-66,68,70-73H2,1-5H3,(H-,77,80,81,82)/p+1/b10-8-,16-14-,22-20-,28-26-,53-51+,61-59+,69-67+. The Morgan fingerprint density at radius 1 is 0.412 bits per heavy atom. The Labute approximate surface area is 528 Å². The molecular formula is C76H142N2O6P+. The first-order chi connectivity index (χ1) is 41.5. The molecule has 85 heavy (non-hydrogen) atoms. The maximum atomic E-state index is 13.1. The number of rotatable bonds is 67. The summed E-state index contributed by atoms with van der Waals surface area (Å²) in [5.74, 6) is -0.187. The number of hydrogen-bond donors (Lipinski definition) is 3. The third kappa shape index (κ3) is 69.0. The average molecular weight is 1210 g/mol. The molecule has 0 aliphatic carbocycles. The van der Waals surface area contributed by atoms with Crippen LogP contribution >= 0.6 is 7.82 Å². The van der Waals surface area contributed by atoms with Crippen molar-refractivity contribution >= 4 is 13.7 Å². The molecule has 0 aromatic heterocycles. The number of unbranched alkanes of at least 4 members (excludes halogenated alkanes) is 42. The van der Waals surface area contributed by atoms with E-state index in [1.165, 1.54) is 250 Å². The predicted octanol–water partition coefficient (Wildman–Crippen LogP) is 23.5. The Balaban J connectivity index is 4.07. The summed E-state index contributed by atoms with van der Waals surface area (Å²) in [7, 11) is 1.55. The molecule has 0 fully saturated rings. The Kier molecular flexibility index (Phi) is 64.3. The molecule has 0 aromatic rings. The Hall–Kier alpha value is -2.32. The van der Waals surface area contributed by atoms with Gasteiger partial charge in [-0.2, -0.15) is 0 Å². The van der Waals surface area contributed by atoms with Crippen LogP contribution in [0.25, 0.3) is 0 Å². The fourth-order valence-corrected chi connectivity index (χ4v) is 11.5. The van der Waals surface area contributed by atoms with Gasteiger partial charge in [-0.1, -0.05) is 336 Å². The summed E-state index contributed by atoms with van der Waals surface area (Å²) in [4.78, 5) is 23.4. The van der Waals surface area contributed by atoms with Gasteiger partial charge in [-0.05, 0) is 83.5 Å². The van der Waals surface area contributed by atoms with Gasteiger partial charge in [0.1, 0.15) is 13.2 Å². The van der Waals surface area contributed by atoms with Gasteiger partial charge >= 0.3 is 7.82 Å². The highest BCUT2D eigenvalue weighted by Gasteiger charge is 2.28. The zero-order chi connectivity index (χ0) is 61.9. The minimum Gasteiger partial charge on any atom is -0.387 e. The number of aliphatic hydroxyl groups is 1. The third-order valence-electron chi connectivity index (χ3n) is 16.3. The molecule has 0 saturated heterocycles. The topological polar surface area (TPSA) is 105 Å². The van der Waals surface area contributed by atoms with Crippen molar-refractivity contribution in [3.63, 3.8) is 0 Å². The number of carbonyl (C=O) groups is 1. The van der Waals surface area contributed by atoms with Gasteiger partial charge in [0.15, 0.2) is 0 Å². The van der Waals surface area contributed by atoms with Crippen LogP contribution < -0.4 is 5.32 Å². The van der Waals surface area contributed by atoms with Crippen LogP contribution in [0.4, 0.5) is 0 Å². The number of carbonyl (C=O) groups excluding carboxylic acids is 1. The van der Waals surface area contributed by atoms with E-state index in [1.54, 1.807) is 6.08 Å². The second-order valence-corrected chi connectivity index (χ2v) is 27.4. The van der Waals surface area contributed by atoms with Crippen molar-refractivity contribution in [3.8, 4) is 0 Å². The molecule has 0 radical (unpaired) electrons. The largest absolute Gasteiger partial charge is 0.472 e. The van der Waals surface area contributed by atoms with Crippen LogP contribution in [0.15, 0.2) is 85.1 Å². The molecule has 496 valence electrons. The maximum absolute atomic E-state index is 13.1. The first-order valence-corrected chi connectivity index (χ1v) is 38.0. The number of amides is 1. The van der Waals surface area contributed by atoms with E-state index in [-0.39, 0.29) is 19.1 Å². The van der Waals surface area contributed by atoms with E-state index in [4.69, 9.17) is 9.05 Å². The van der Waals surface area contributed by atoms with Crippen LogP contribution in [0.1, 0.15) is 341 Å². The van der Waals surface area contributed by atoms with Crippen LogP contribution in [0.5, 0.6) is 0 Å². The number of allylic oxidation sites excluding steroid dienone is 13.